The van der Waals surface area contributed by atoms with Crippen molar-refractivity contribution in [1.82, 2.24) is 0 Å². The van der Waals surface area contributed by atoms with Gasteiger partial charge in [-0.25, -0.2) is 4.79 Å². The molecular formula is C21H21NO7. The Bertz CT molecular complexity index is 939. The molecule has 2 aromatic carbocycles. The lowest BCUT2D eigenvalue weighted by molar-refractivity contribution is -0.148. The van der Waals surface area contributed by atoms with Crippen LogP contribution in [0.3, 0.4) is 0 Å². The maximum atomic E-state index is 12.3. The molecule has 1 N–H and O–H groups in total. The van der Waals surface area contributed by atoms with Crippen LogP contribution < -0.4 is 24.3 Å². The quantitative estimate of drug-likeness (QED) is 0.565. The predicted molar refractivity (Wildman–Crippen MR) is 105 cm³/mol. The summed E-state index contributed by atoms with van der Waals surface area (Å²) >= 11 is 0. The molecule has 2 aromatic rings. The molecule has 0 radical (unpaired) electrons. The van der Waals surface area contributed by atoms with E-state index in [9.17, 15) is 9.59 Å². The number of methoxy groups -OCH3 is 2. The summed E-state index contributed by atoms with van der Waals surface area (Å²) in [6.07, 6.45) is 1.79. The zero-order valence-electron chi connectivity index (χ0n) is 16.3. The van der Waals surface area contributed by atoms with Crippen LogP contribution in [-0.4, -0.2) is 39.0 Å². The highest BCUT2D eigenvalue weighted by Crippen LogP contribution is 2.34. The van der Waals surface area contributed by atoms with Crippen molar-refractivity contribution in [2.45, 2.75) is 13.0 Å². The van der Waals surface area contributed by atoms with Crippen LogP contribution in [0.2, 0.25) is 0 Å². The van der Waals surface area contributed by atoms with E-state index in [1.807, 2.05) is 0 Å². The van der Waals surface area contributed by atoms with Crippen molar-refractivity contribution in [2.24, 2.45) is 0 Å². The molecule has 1 amide bonds. The number of nitrogens with one attached hydrogen (secondary N) is 1. The molecular weight excluding hydrogens is 378 g/mol. The third-order valence-electron chi connectivity index (χ3n) is 4.14. The number of carbonyl (C=O) groups is 2. The van der Waals surface area contributed by atoms with Gasteiger partial charge in [0.2, 0.25) is 6.79 Å². The van der Waals surface area contributed by atoms with Crippen LogP contribution in [0.25, 0.3) is 6.08 Å². The first-order valence-corrected chi connectivity index (χ1v) is 8.81. The number of rotatable bonds is 7. The van der Waals surface area contributed by atoms with Crippen molar-refractivity contribution < 1.29 is 33.3 Å². The highest BCUT2D eigenvalue weighted by molar-refractivity contribution is 5.97. The number of hydrogen-bond acceptors (Lipinski definition) is 7. The number of esters is 1. The Morgan fingerprint density at radius 1 is 1.07 bits per heavy atom. The summed E-state index contributed by atoms with van der Waals surface area (Å²) in [5, 5.41) is 2.67. The van der Waals surface area contributed by atoms with Gasteiger partial charge in [-0.15, -0.1) is 0 Å². The van der Waals surface area contributed by atoms with Crippen molar-refractivity contribution in [3.05, 3.63) is 48.0 Å². The minimum absolute atomic E-state index is 0.145. The Morgan fingerprint density at radius 3 is 2.62 bits per heavy atom. The standard InChI is InChI=1S/C21H21NO7/c1-13(21(24)22-15-6-8-17-19(10-15)28-12-27-17)29-20(23)9-5-14-4-7-16(25-2)11-18(14)26-3/h4-11,13H,12H2,1-3H3,(H,22,24)/b9-5+/t13-/m0/s1. The van der Waals surface area contributed by atoms with Crippen LogP contribution in [0.15, 0.2) is 42.5 Å². The second-order valence-corrected chi connectivity index (χ2v) is 6.08. The van der Waals surface area contributed by atoms with Gasteiger partial charge < -0.3 is 29.0 Å². The third kappa shape index (κ3) is 4.98. The van der Waals surface area contributed by atoms with Crippen molar-refractivity contribution in [1.29, 1.82) is 0 Å². The molecule has 0 aromatic heterocycles. The van der Waals surface area contributed by atoms with Gasteiger partial charge in [-0.3, -0.25) is 4.79 Å². The van der Waals surface area contributed by atoms with E-state index in [2.05, 4.69) is 5.32 Å². The molecule has 0 unspecified atom stereocenters. The van der Waals surface area contributed by atoms with Crippen LogP contribution in [0.5, 0.6) is 23.0 Å². The summed E-state index contributed by atoms with van der Waals surface area (Å²) in [4.78, 5) is 24.3. The van der Waals surface area contributed by atoms with Crippen LogP contribution in [0.4, 0.5) is 5.69 Å². The lowest BCUT2D eigenvalue weighted by Gasteiger charge is -2.13. The number of hydrogen-bond donors (Lipinski definition) is 1. The molecule has 152 valence electrons. The lowest BCUT2D eigenvalue weighted by Crippen LogP contribution is -2.29. The van der Waals surface area contributed by atoms with Crippen molar-refractivity contribution in [3.8, 4) is 23.0 Å². The van der Waals surface area contributed by atoms with Gasteiger partial charge >= 0.3 is 5.97 Å². The van der Waals surface area contributed by atoms with Crippen molar-refractivity contribution in [3.63, 3.8) is 0 Å². The summed E-state index contributed by atoms with van der Waals surface area (Å²) in [5.74, 6) is 1.21. The summed E-state index contributed by atoms with van der Waals surface area (Å²) in [7, 11) is 3.07. The molecule has 0 aliphatic carbocycles. The van der Waals surface area contributed by atoms with Gasteiger partial charge in [0.05, 0.1) is 14.2 Å². The monoisotopic (exact) mass is 399 g/mol. The van der Waals surface area contributed by atoms with E-state index < -0.39 is 18.0 Å². The molecule has 0 spiro atoms. The van der Waals surface area contributed by atoms with Gasteiger partial charge in [-0.05, 0) is 37.3 Å². The van der Waals surface area contributed by atoms with E-state index in [-0.39, 0.29) is 6.79 Å². The summed E-state index contributed by atoms with van der Waals surface area (Å²) in [6.45, 7) is 1.63. The average molecular weight is 399 g/mol. The largest absolute Gasteiger partial charge is 0.497 e. The van der Waals surface area contributed by atoms with Crippen molar-refractivity contribution >= 4 is 23.6 Å². The minimum Gasteiger partial charge on any atom is -0.497 e. The maximum absolute atomic E-state index is 12.3. The summed E-state index contributed by atoms with van der Waals surface area (Å²) in [5.41, 5.74) is 1.18. The molecule has 0 bridgehead atoms. The molecule has 8 nitrogen and oxygen atoms in total. The Labute approximate surface area is 168 Å². The number of benzene rings is 2. The van der Waals surface area contributed by atoms with E-state index in [1.165, 1.54) is 20.1 Å². The normalized spacial score (nSPS) is 13.1. The Balaban J connectivity index is 1.57. The smallest absolute Gasteiger partial charge is 0.331 e. The van der Waals surface area contributed by atoms with E-state index >= 15 is 0 Å². The highest BCUT2D eigenvalue weighted by Gasteiger charge is 2.19. The first kappa shape index (κ1) is 20.1. The van der Waals surface area contributed by atoms with Crippen LogP contribution in [-0.2, 0) is 14.3 Å². The van der Waals surface area contributed by atoms with Gasteiger partial charge in [0, 0.05) is 29.5 Å². The molecule has 8 heteroatoms. The third-order valence-corrected chi connectivity index (χ3v) is 4.14. The minimum atomic E-state index is -0.990. The van der Waals surface area contributed by atoms with Gasteiger partial charge in [-0.2, -0.15) is 0 Å². The average Bonchev–Trinajstić information content (AvgIpc) is 3.19. The predicted octanol–water partition coefficient (Wildman–Crippen LogP) is 3.02. The van der Waals surface area contributed by atoms with Gasteiger partial charge in [0.1, 0.15) is 11.5 Å². The number of anilines is 1. The number of amides is 1. The van der Waals surface area contributed by atoms with Crippen molar-refractivity contribution in [2.75, 3.05) is 26.3 Å². The van der Waals surface area contributed by atoms with Gasteiger partial charge in [0.25, 0.3) is 5.91 Å². The second-order valence-electron chi connectivity index (χ2n) is 6.08. The second kappa shape index (κ2) is 9.01. The molecule has 1 aliphatic heterocycles. The first-order valence-electron chi connectivity index (χ1n) is 8.81. The summed E-state index contributed by atoms with van der Waals surface area (Å²) < 4.78 is 26.1. The lowest BCUT2D eigenvalue weighted by atomic mass is 10.1. The summed E-state index contributed by atoms with van der Waals surface area (Å²) in [6, 6.07) is 10.2. The van der Waals surface area contributed by atoms with Gasteiger partial charge in [0.15, 0.2) is 17.6 Å². The maximum Gasteiger partial charge on any atom is 0.331 e. The molecule has 29 heavy (non-hydrogen) atoms. The van der Waals surface area contributed by atoms with E-state index in [1.54, 1.807) is 49.6 Å². The fourth-order valence-corrected chi connectivity index (χ4v) is 2.60. The van der Waals surface area contributed by atoms with E-state index in [0.717, 1.165) is 0 Å². The molecule has 0 saturated heterocycles. The number of carbonyl (C=O) groups excluding carboxylic acids is 2. The van der Waals surface area contributed by atoms with Gasteiger partial charge in [-0.1, -0.05) is 0 Å². The number of ether oxygens (including phenoxy) is 5. The molecule has 3 rings (SSSR count). The molecule has 1 heterocycles. The van der Waals surface area contributed by atoms with E-state index in [0.29, 0.717) is 34.2 Å². The SMILES string of the molecule is COc1ccc(/C=C/C(=O)O[C@@H](C)C(=O)Nc2ccc3c(c2)OCO3)c(OC)c1. The zero-order chi connectivity index (χ0) is 20.8. The molecule has 0 saturated carbocycles. The molecule has 0 fully saturated rings. The number of fused-ring (bicyclic) bond motifs is 1. The molecule has 1 atom stereocenters. The van der Waals surface area contributed by atoms with Crippen LogP contribution in [0.1, 0.15) is 12.5 Å². The Kier molecular flexibility index (Phi) is 6.23. The fraction of sp³-hybridized carbons (Fsp3) is 0.238. The first-order chi connectivity index (χ1) is 14.0. The zero-order valence-corrected chi connectivity index (χ0v) is 16.3. The fourth-order valence-electron chi connectivity index (χ4n) is 2.60. The Hall–Kier alpha value is -3.68. The molecule has 1 aliphatic rings. The highest BCUT2D eigenvalue weighted by atomic mass is 16.7. The van der Waals surface area contributed by atoms with Crippen LogP contribution in [0, 0.1) is 0 Å². The van der Waals surface area contributed by atoms with Crippen LogP contribution >= 0.6 is 0 Å². The topological polar surface area (TPSA) is 92.3 Å². The van der Waals surface area contributed by atoms with E-state index in [4.69, 9.17) is 23.7 Å². The Morgan fingerprint density at radius 2 is 1.86 bits per heavy atom.